The molecule has 0 bridgehead atoms. The summed E-state index contributed by atoms with van der Waals surface area (Å²) in [6, 6.07) is 22.4. The van der Waals surface area contributed by atoms with Gasteiger partial charge in [0.2, 0.25) is 11.9 Å². The van der Waals surface area contributed by atoms with Crippen molar-refractivity contribution in [3.63, 3.8) is 0 Å². The van der Waals surface area contributed by atoms with E-state index in [4.69, 9.17) is 15.5 Å². The summed E-state index contributed by atoms with van der Waals surface area (Å²) >= 11 is 0. The Balaban J connectivity index is 1.54. The summed E-state index contributed by atoms with van der Waals surface area (Å²) in [5.41, 5.74) is 10.1. The van der Waals surface area contributed by atoms with E-state index < -0.39 is 17.9 Å². The lowest BCUT2D eigenvalue weighted by atomic mass is 9.92. The van der Waals surface area contributed by atoms with Crippen LogP contribution in [0.1, 0.15) is 22.7 Å². The molecule has 6 nitrogen and oxygen atoms in total. The molecule has 8 heteroatoms. The normalized spacial score (nSPS) is 14.4. The van der Waals surface area contributed by atoms with Gasteiger partial charge in [-0.25, -0.2) is 9.97 Å². The molecule has 37 heavy (non-hydrogen) atoms. The number of halogens is 2. The third-order valence-electron chi connectivity index (χ3n) is 6.16. The van der Waals surface area contributed by atoms with Gasteiger partial charge in [-0.15, -0.1) is 0 Å². The van der Waals surface area contributed by atoms with Crippen LogP contribution in [-0.2, 0) is 0 Å². The maximum absolute atomic E-state index is 14.5. The minimum absolute atomic E-state index is 0.251. The summed E-state index contributed by atoms with van der Waals surface area (Å²) in [5.74, 6) is 0.105. The number of pyridine rings is 3. The summed E-state index contributed by atoms with van der Waals surface area (Å²) in [5, 5.41) is 0. The molecule has 4 heterocycles. The molecule has 0 saturated heterocycles. The Kier molecular flexibility index (Phi) is 5.61. The van der Waals surface area contributed by atoms with E-state index in [9.17, 15) is 8.78 Å². The number of hydrogen-bond acceptors (Lipinski definition) is 5. The number of aromatic nitrogens is 3. The lowest BCUT2D eigenvalue weighted by molar-refractivity contribution is 0.445. The molecule has 1 unspecified atom stereocenters. The predicted molar refractivity (Wildman–Crippen MR) is 136 cm³/mol. The van der Waals surface area contributed by atoms with Gasteiger partial charge in [0.15, 0.2) is 5.75 Å². The molecule has 6 rings (SSSR count). The van der Waals surface area contributed by atoms with Gasteiger partial charge in [-0.05, 0) is 48.0 Å². The van der Waals surface area contributed by atoms with Gasteiger partial charge in [0.25, 0.3) is 0 Å². The molecule has 0 aliphatic carbocycles. The molecule has 3 aromatic heterocycles. The van der Waals surface area contributed by atoms with Crippen molar-refractivity contribution in [2.45, 2.75) is 6.04 Å². The van der Waals surface area contributed by atoms with Crippen LogP contribution in [0, 0.1) is 11.9 Å². The van der Waals surface area contributed by atoms with Crippen molar-refractivity contribution in [3.05, 3.63) is 126 Å². The van der Waals surface area contributed by atoms with Gasteiger partial charge in [0, 0.05) is 34.6 Å². The summed E-state index contributed by atoms with van der Waals surface area (Å²) in [7, 11) is 0. The third kappa shape index (κ3) is 4.18. The highest BCUT2D eigenvalue weighted by Crippen LogP contribution is 2.47. The lowest BCUT2D eigenvalue weighted by Gasteiger charge is -2.27. The van der Waals surface area contributed by atoms with Gasteiger partial charge >= 0.3 is 0 Å². The van der Waals surface area contributed by atoms with Crippen molar-refractivity contribution in [3.8, 4) is 33.9 Å². The van der Waals surface area contributed by atoms with Crippen molar-refractivity contribution < 1.29 is 13.5 Å². The van der Waals surface area contributed by atoms with Crippen LogP contribution < -0.4 is 10.5 Å². The second kappa shape index (κ2) is 9.23. The first-order valence-electron chi connectivity index (χ1n) is 11.5. The van der Waals surface area contributed by atoms with E-state index in [-0.39, 0.29) is 5.56 Å². The smallest absolute Gasteiger partial charge is 0.222 e. The first kappa shape index (κ1) is 22.5. The molecular formula is C29H19F2N5O. The van der Waals surface area contributed by atoms with Crippen LogP contribution in [0.25, 0.3) is 22.4 Å². The van der Waals surface area contributed by atoms with E-state index in [2.05, 4.69) is 15.0 Å². The highest BCUT2D eigenvalue weighted by molar-refractivity contribution is 5.97. The molecule has 0 fully saturated rings. The maximum Gasteiger partial charge on any atom is 0.222 e. The predicted octanol–water partition coefficient (Wildman–Crippen LogP) is 6.08. The van der Waals surface area contributed by atoms with Crippen LogP contribution in [0.15, 0.2) is 102 Å². The average Bonchev–Trinajstić information content (AvgIpc) is 2.93. The van der Waals surface area contributed by atoms with Gasteiger partial charge in [-0.3, -0.25) is 9.98 Å². The lowest BCUT2D eigenvalue weighted by Crippen LogP contribution is -2.18. The number of hydrogen-bond donors (Lipinski definition) is 1. The number of ether oxygens (including phenoxy) is 1. The van der Waals surface area contributed by atoms with Crippen molar-refractivity contribution in [1.82, 2.24) is 15.0 Å². The minimum atomic E-state index is -0.634. The van der Waals surface area contributed by atoms with Gasteiger partial charge in [-0.1, -0.05) is 36.4 Å². The average molecular weight is 492 g/mol. The van der Waals surface area contributed by atoms with Gasteiger partial charge < -0.3 is 10.5 Å². The maximum atomic E-state index is 14.5. The first-order chi connectivity index (χ1) is 18.1. The quantitative estimate of drug-likeness (QED) is 0.187. The molecule has 2 N–H and O–H groups in total. The minimum Gasteiger partial charge on any atom is -0.455 e. The van der Waals surface area contributed by atoms with E-state index >= 15 is 0 Å². The van der Waals surface area contributed by atoms with Crippen LogP contribution in [0.4, 0.5) is 8.78 Å². The van der Waals surface area contributed by atoms with Crippen molar-refractivity contribution in [2.24, 2.45) is 10.7 Å². The van der Waals surface area contributed by atoms with Crippen LogP contribution in [-0.4, -0.2) is 20.8 Å². The van der Waals surface area contributed by atoms with Crippen LogP contribution >= 0.6 is 0 Å². The van der Waals surface area contributed by atoms with E-state index in [1.807, 2.05) is 36.4 Å². The van der Waals surface area contributed by atoms with Gasteiger partial charge in [-0.2, -0.15) is 8.78 Å². The summed E-state index contributed by atoms with van der Waals surface area (Å²) in [6.07, 6.45) is 4.32. The number of amidine groups is 1. The molecular weight excluding hydrogens is 472 g/mol. The topological polar surface area (TPSA) is 86.3 Å². The molecule has 1 aliphatic rings. The van der Waals surface area contributed by atoms with E-state index in [1.54, 1.807) is 42.5 Å². The van der Waals surface area contributed by atoms with Gasteiger partial charge in [0.05, 0.1) is 17.5 Å². The third-order valence-corrected chi connectivity index (χ3v) is 6.16. The van der Waals surface area contributed by atoms with E-state index in [1.165, 1.54) is 18.6 Å². The van der Waals surface area contributed by atoms with Crippen LogP contribution in [0.3, 0.4) is 0 Å². The molecule has 0 radical (unpaired) electrons. The number of fused-ring (bicyclic) bond motifs is 2. The number of nitrogens with two attached hydrogens (primary N) is 1. The van der Waals surface area contributed by atoms with E-state index in [0.29, 0.717) is 45.3 Å². The zero-order valence-electron chi connectivity index (χ0n) is 19.3. The van der Waals surface area contributed by atoms with Crippen molar-refractivity contribution in [2.75, 3.05) is 0 Å². The van der Waals surface area contributed by atoms with Crippen molar-refractivity contribution in [1.29, 1.82) is 0 Å². The molecule has 180 valence electrons. The second-order valence-corrected chi connectivity index (χ2v) is 8.43. The van der Waals surface area contributed by atoms with Crippen molar-refractivity contribution >= 4 is 5.84 Å². The Hall–Kier alpha value is -4.98. The fraction of sp³-hybridized carbons (Fsp3) is 0.0345. The first-order valence-corrected chi connectivity index (χ1v) is 11.5. The van der Waals surface area contributed by atoms with Crippen LogP contribution in [0.2, 0.25) is 0 Å². The second-order valence-electron chi connectivity index (χ2n) is 8.43. The fourth-order valence-corrected chi connectivity index (χ4v) is 4.35. The largest absolute Gasteiger partial charge is 0.455 e. The highest BCUT2D eigenvalue weighted by Gasteiger charge is 2.29. The van der Waals surface area contributed by atoms with Crippen LogP contribution in [0.5, 0.6) is 11.5 Å². The summed E-state index contributed by atoms with van der Waals surface area (Å²) < 4.78 is 35.1. The Morgan fingerprint density at radius 2 is 1.46 bits per heavy atom. The Morgan fingerprint density at radius 3 is 2.19 bits per heavy atom. The molecule has 1 aliphatic heterocycles. The summed E-state index contributed by atoms with van der Waals surface area (Å²) in [6.45, 7) is 0. The Bertz CT molecular complexity index is 1560. The van der Waals surface area contributed by atoms with Gasteiger partial charge in [0.1, 0.15) is 17.6 Å². The zero-order chi connectivity index (χ0) is 25.4. The zero-order valence-corrected chi connectivity index (χ0v) is 19.3. The molecule has 2 aromatic carbocycles. The molecule has 0 saturated carbocycles. The number of aliphatic imine (C=N–C) groups is 1. The number of nitrogens with zero attached hydrogens (tertiary/aromatic N) is 4. The summed E-state index contributed by atoms with van der Waals surface area (Å²) in [4.78, 5) is 16.8. The molecule has 1 atom stereocenters. The highest BCUT2D eigenvalue weighted by atomic mass is 19.1. The Labute approximate surface area is 211 Å². The molecule has 0 spiro atoms. The van der Waals surface area contributed by atoms with E-state index in [0.717, 1.165) is 5.56 Å². The number of rotatable bonds is 4. The SMILES string of the molecule is NC(=NC1c2cc(-c3cccnc3F)ccc2Oc2cnc(-c3cccnc3F)cc21)c1ccccc1. The monoisotopic (exact) mass is 491 g/mol. The number of benzene rings is 2. The molecule has 0 amide bonds. The molecule has 5 aromatic rings. The standard InChI is InChI=1S/C29H19F2N5O/c30-27-19(8-4-12-33-27)18-10-11-24-21(14-18)26(36-29(32)17-6-2-1-3-7-17)22-15-23(35-16-25(22)37-24)20-9-5-13-34-28(20)31/h1-16,26H,(H2,32,36). The Morgan fingerprint density at radius 1 is 0.757 bits per heavy atom. The fourth-order valence-electron chi connectivity index (χ4n) is 4.35.